The van der Waals surface area contributed by atoms with E-state index < -0.39 is 0 Å². The molecule has 0 unspecified atom stereocenters. The van der Waals surface area contributed by atoms with Gasteiger partial charge < -0.3 is 5.32 Å². The highest BCUT2D eigenvalue weighted by molar-refractivity contribution is 6.33. The van der Waals surface area contributed by atoms with Crippen LogP contribution in [0.5, 0.6) is 0 Å². The van der Waals surface area contributed by atoms with Gasteiger partial charge in [0.2, 0.25) is 0 Å². The number of nitrogens with one attached hydrogen (secondary N) is 1. The minimum Gasteiger partial charge on any atom is -0.381 e. The molecule has 1 aromatic rings. The zero-order valence-electron chi connectivity index (χ0n) is 13.1. The SMILES string of the molecule is CCc1nccc(NC2CCC3(CCCCC3)CC2)c1Cl. The number of pyridine rings is 1. The van der Waals surface area contributed by atoms with Gasteiger partial charge in [0.05, 0.1) is 16.4 Å². The van der Waals surface area contributed by atoms with Crippen molar-refractivity contribution in [2.45, 2.75) is 77.2 Å². The van der Waals surface area contributed by atoms with E-state index in [0.29, 0.717) is 11.5 Å². The molecule has 3 rings (SSSR count). The van der Waals surface area contributed by atoms with Crippen LogP contribution in [0.1, 0.15) is 70.4 Å². The molecule has 2 aliphatic rings. The van der Waals surface area contributed by atoms with Gasteiger partial charge >= 0.3 is 0 Å². The maximum absolute atomic E-state index is 6.45. The average Bonchev–Trinajstić information content (AvgIpc) is 2.53. The minimum atomic E-state index is 0.585. The van der Waals surface area contributed by atoms with E-state index in [1.54, 1.807) is 0 Å². The minimum absolute atomic E-state index is 0.585. The van der Waals surface area contributed by atoms with Gasteiger partial charge in [-0.25, -0.2) is 0 Å². The first-order chi connectivity index (χ1) is 10.2. The zero-order chi connectivity index (χ0) is 14.7. The molecule has 116 valence electrons. The van der Waals surface area contributed by atoms with E-state index >= 15 is 0 Å². The summed E-state index contributed by atoms with van der Waals surface area (Å²) in [6.45, 7) is 2.10. The topological polar surface area (TPSA) is 24.9 Å². The van der Waals surface area contributed by atoms with Gasteiger partial charge in [0.1, 0.15) is 0 Å². The van der Waals surface area contributed by atoms with Crippen LogP contribution in [0.15, 0.2) is 12.3 Å². The van der Waals surface area contributed by atoms with Gasteiger partial charge in [-0.2, -0.15) is 0 Å². The van der Waals surface area contributed by atoms with Crippen molar-refractivity contribution in [1.82, 2.24) is 4.98 Å². The Balaban J connectivity index is 1.60. The van der Waals surface area contributed by atoms with E-state index in [4.69, 9.17) is 11.6 Å². The summed E-state index contributed by atoms with van der Waals surface area (Å²) >= 11 is 6.45. The van der Waals surface area contributed by atoms with Gasteiger partial charge in [-0.15, -0.1) is 0 Å². The van der Waals surface area contributed by atoms with E-state index in [1.165, 1.54) is 57.8 Å². The molecule has 1 aromatic heterocycles. The third-order valence-corrected chi connectivity index (χ3v) is 6.04. The summed E-state index contributed by atoms with van der Waals surface area (Å²) in [5.41, 5.74) is 2.77. The third-order valence-electron chi connectivity index (χ3n) is 5.62. The number of hydrogen-bond donors (Lipinski definition) is 1. The van der Waals surface area contributed by atoms with Gasteiger partial charge in [0.25, 0.3) is 0 Å². The number of hydrogen-bond acceptors (Lipinski definition) is 2. The molecule has 0 radical (unpaired) electrons. The van der Waals surface area contributed by atoms with Gasteiger partial charge in [-0.05, 0) is 56.4 Å². The predicted molar refractivity (Wildman–Crippen MR) is 90.0 cm³/mol. The lowest BCUT2D eigenvalue weighted by atomic mass is 9.64. The van der Waals surface area contributed by atoms with E-state index in [0.717, 1.165) is 22.8 Å². The Morgan fingerprint density at radius 3 is 2.57 bits per heavy atom. The molecule has 21 heavy (non-hydrogen) atoms. The Hall–Kier alpha value is -0.760. The first-order valence-corrected chi connectivity index (χ1v) is 9.00. The standard InChI is InChI=1S/C18H27ClN2/c1-2-15-17(19)16(8-13-20-15)21-14-6-11-18(12-7-14)9-4-3-5-10-18/h8,13-14H,2-7,9-12H2,1H3,(H,20,21). The number of aryl methyl sites for hydroxylation is 1. The van der Waals surface area contributed by atoms with Crippen LogP contribution in [0, 0.1) is 5.41 Å². The van der Waals surface area contributed by atoms with Crippen LogP contribution in [-0.2, 0) is 6.42 Å². The molecule has 1 N–H and O–H groups in total. The van der Waals surface area contributed by atoms with Crippen molar-refractivity contribution < 1.29 is 0 Å². The van der Waals surface area contributed by atoms with Crippen molar-refractivity contribution in [2.24, 2.45) is 5.41 Å². The third kappa shape index (κ3) is 3.36. The Labute approximate surface area is 133 Å². The van der Waals surface area contributed by atoms with Crippen molar-refractivity contribution in [2.75, 3.05) is 5.32 Å². The lowest BCUT2D eigenvalue weighted by molar-refractivity contribution is 0.118. The lowest BCUT2D eigenvalue weighted by Crippen LogP contribution is -2.34. The fraction of sp³-hybridized carbons (Fsp3) is 0.722. The fourth-order valence-corrected chi connectivity index (χ4v) is 4.54. The van der Waals surface area contributed by atoms with Crippen LogP contribution in [0.3, 0.4) is 0 Å². The number of aromatic nitrogens is 1. The number of halogens is 1. The Morgan fingerprint density at radius 1 is 1.19 bits per heavy atom. The molecule has 1 spiro atoms. The Morgan fingerprint density at radius 2 is 1.90 bits per heavy atom. The summed E-state index contributed by atoms with van der Waals surface area (Å²) in [5, 5.41) is 4.49. The quantitative estimate of drug-likeness (QED) is 0.786. The van der Waals surface area contributed by atoms with Crippen molar-refractivity contribution >= 4 is 17.3 Å². The summed E-state index contributed by atoms with van der Waals surface area (Å²) in [6.07, 6.45) is 15.4. The molecule has 0 atom stereocenters. The highest BCUT2D eigenvalue weighted by Gasteiger charge is 2.36. The summed E-state index contributed by atoms with van der Waals surface area (Å²) in [6, 6.07) is 2.61. The Bertz CT molecular complexity index is 470. The Kier molecular flexibility index (Phi) is 4.73. The van der Waals surface area contributed by atoms with Crippen LogP contribution < -0.4 is 5.32 Å². The largest absolute Gasteiger partial charge is 0.381 e. The molecule has 3 heteroatoms. The van der Waals surface area contributed by atoms with Crippen molar-refractivity contribution in [1.29, 1.82) is 0 Å². The summed E-state index contributed by atoms with van der Waals surface area (Å²) in [4.78, 5) is 4.35. The van der Waals surface area contributed by atoms with E-state index in [2.05, 4.69) is 17.2 Å². The van der Waals surface area contributed by atoms with Crippen LogP contribution >= 0.6 is 11.6 Å². The normalized spacial score (nSPS) is 22.4. The van der Waals surface area contributed by atoms with Crippen LogP contribution in [0.25, 0.3) is 0 Å². The van der Waals surface area contributed by atoms with Gasteiger partial charge in [0.15, 0.2) is 0 Å². The fourth-order valence-electron chi connectivity index (χ4n) is 4.24. The van der Waals surface area contributed by atoms with Gasteiger partial charge in [0, 0.05) is 12.2 Å². The molecule has 2 nitrogen and oxygen atoms in total. The molecule has 2 fully saturated rings. The first kappa shape index (κ1) is 15.1. The predicted octanol–water partition coefficient (Wildman–Crippen LogP) is 5.60. The highest BCUT2D eigenvalue weighted by Crippen LogP contribution is 2.47. The average molecular weight is 307 g/mol. The molecule has 0 saturated heterocycles. The maximum atomic E-state index is 6.45. The molecular weight excluding hydrogens is 280 g/mol. The molecule has 0 aromatic carbocycles. The maximum Gasteiger partial charge on any atom is 0.0852 e. The molecule has 0 amide bonds. The molecule has 1 heterocycles. The first-order valence-electron chi connectivity index (χ1n) is 8.62. The summed E-state index contributed by atoms with van der Waals surface area (Å²) in [7, 11) is 0. The van der Waals surface area contributed by atoms with Crippen molar-refractivity contribution in [3.63, 3.8) is 0 Å². The second kappa shape index (κ2) is 6.56. The summed E-state index contributed by atoms with van der Waals surface area (Å²) < 4.78 is 0. The monoisotopic (exact) mass is 306 g/mol. The van der Waals surface area contributed by atoms with Gasteiger partial charge in [-0.1, -0.05) is 37.8 Å². The van der Waals surface area contributed by atoms with Crippen molar-refractivity contribution in [3.8, 4) is 0 Å². The number of anilines is 1. The molecule has 2 aliphatic carbocycles. The van der Waals surface area contributed by atoms with E-state index in [1.807, 2.05) is 12.3 Å². The van der Waals surface area contributed by atoms with Gasteiger partial charge in [-0.3, -0.25) is 4.98 Å². The van der Waals surface area contributed by atoms with Crippen LogP contribution in [0.4, 0.5) is 5.69 Å². The number of rotatable bonds is 3. The van der Waals surface area contributed by atoms with E-state index in [-0.39, 0.29) is 0 Å². The second-order valence-corrected chi connectivity index (χ2v) is 7.33. The number of nitrogens with zero attached hydrogens (tertiary/aromatic N) is 1. The molecular formula is C18H27ClN2. The second-order valence-electron chi connectivity index (χ2n) is 6.95. The highest BCUT2D eigenvalue weighted by atomic mass is 35.5. The summed E-state index contributed by atoms with van der Waals surface area (Å²) in [5.74, 6) is 0. The van der Waals surface area contributed by atoms with Crippen LogP contribution in [-0.4, -0.2) is 11.0 Å². The molecule has 2 saturated carbocycles. The van der Waals surface area contributed by atoms with Crippen molar-refractivity contribution in [3.05, 3.63) is 23.0 Å². The smallest absolute Gasteiger partial charge is 0.0852 e. The molecule has 0 aliphatic heterocycles. The van der Waals surface area contributed by atoms with Crippen LogP contribution in [0.2, 0.25) is 5.02 Å². The lowest BCUT2D eigenvalue weighted by Gasteiger charge is -2.43. The van der Waals surface area contributed by atoms with E-state index in [9.17, 15) is 0 Å². The zero-order valence-corrected chi connectivity index (χ0v) is 13.9. The molecule has 0 bridgehead atoms.